The predicted octanol–water partition coefficient (Wildman–Crippen LogP) is 3.09. The van der Waals surface area contributed by atoms with Crippen LogP contribution in [0.2, 0.25) is 0 Å². The molecule has 2 amide bonds. The summed E-state index contributed by atoms with van der Waals surface area (Å²) in [6.45, 7) is 1.65. The van der Waals surface area contributed by atoms with Crippen LogP contribution in [-0.2, 0) is 4.79 Å². The van der Waals surface area contributed by atoms with Crippen molar-refractivity contribution >= 4 is 40.1 Å². The normalized spacial score (nSPS) is 16.0. The molecule has 1 aliphatic heterocycles. The number of rotatable bonds is 4. The molecule has 8 nitrogen and oxygen atoms in total. The Balaban J connectivity index is 1.87. The van der Waals surface area contributed by atoms with Crippen molar-refractivity contribution < 1.29 is 14.5 Å². The van der Waals surface area contributed by atoms with Crippen LogP contribution < -0.4 is 0 Å². The van der Waals surface area contributed by atoms with Gasteiger partial charge in [-0.1, -0.05) is 42.1 Å². The molecule has 0 atom stereocenters. The van der Waals surface area contributed by atoms with Crippen LogP contribution in [0.3, 0.4) is 0 Å². The monoisotopic (exact) mass is 382 g/mol. The van der Waals surface area contributed by atoms with E-state index in [2.05, 4.69) is 10.2 Å². The summed E-state index contributed by atoms with van der Waals surface area (Å²) >= 11 is 1.12. The van der Waals surface area contributed by atoms with Crippen LogP contribution in [0.25, 0.3) is 0 Å². The summed E-state index contributed by atoms with van der Waals surface area (Å²) in [5.74, 6) is -0.730. The lowest BCUT2D eigenvalue weighted by Gasteiger charge is -2.13. The molecule has 27 heavy (non-hydrogen) atoms. The highest BCUT2D eigenvalue weighted by molar-refractivity contribution is 8.15. The van der Waals surface area contributed by atoms with Gasteiger partial charge in [-0.15, -0.1) is 5.10 Å². The highest BCUT2D eigenvalue weighted by Crippen LogP contribution is 2.22. The smallest absolute Gasteiger partial charge is 0.270 e. The lowest BCUT2D eigenvalue weighted by molar-refractivity contribution is -0.384. The van der Waals surface area contributed by atoms with E-state index in [0.717, 1.165) is 16.7 Å². The number of nitro benzene ring substituents is 1. The Morgan fingerprint density at radius 1 is 1.15 bits per heavy atom. The van der Waals surface area contributed by atoms with Gasteiger partial charge < -0.3 is 0 Å². The van der Waals surface area contributed by atoms with Crippen molar-refractivity contribution in [1.82, 2.24) is 4.90 Å². The van der Waals surface area contributed by atoms with Crippen LogP contribution in [0.5, 0.6) is 0 Å². The third-order valence-corrected chi connectivity index (χ3v) is 4.66. The van der Waals surface area contributed by atoms with Gasteiger partial charge in [0.15, 0.2) is 5.17 Å². The van der Waals surface area contributed by atoms with Crippen molar-refractivity contribution in [3.63, 3.8) is 0 Å². The second kappa shape index (κ2) is 7.92. The van der Waals surface area contributed by atoms with E-state index < -0.39 is 10.8 Å². The minimum Gasteiger partial charge on any atom is -0.273 e. The van der Waals surface area contributed by atoms with E-state index in [1.807, 2.05) is 0 Å². The summed E-state index contributed by atoms with van der Waals surface area (Å²) in [5, 5.41) is 19.2. The van der Waals surface area contributed by atoms with Crippen molar-refractivity contribution in [3.05, 3.63) is 75.8 Å². The fourth-order valence-electron chi connectivity index (χ4n) is 2.37. The first-order valence-corrected chi connectivity index (χ1v) is 8.88. The van der Waals surface area contributed by atoms with Gasteiger partial charge in [-0.25, -0.2) is 4.90 Å². The molecule has 2 aromatic rings. The second-order valence-electron chi connectivity index (χ2n) is 5.56. The molecule has 136 valence electrons. The van der Waals surface area contributed by atoms with Crippen molar-refractivity contribution in [3.8, 4) is 0 Å². The molecular weight excluding hydrogens is 368 g/mol. The third-order valence-electron chi connectivity index (χ3n) is 3.75. The Morgan fingerprint density at radius 3 is 2.56 bits per heavy atom. The van der Waals surface area contributed by atoms with Gasteiger partial charge in [0.2, 0.25) is 5.91 Å². The van der Waals surface area contributed by atoms with Gasteiger partial charge in [-0.2, -0.15) is 5.10 Å². The molecule has 1 aliphatic rings. The SMILES string of the molecule is C/C(=N/N=C1/SCC(=O)N1C(=O)c1ccccc1)c1cccc([N+](=O)[O-])c1. The number of nitrogens with zero attached hydrogens (tertiary/aromatic N) is 4. The van der Waals surface area contributed by atoms with Crippen LogP contribution in [0.4, 0.5) is 5.69 Å². The van der Waals surface area contributed by atoms with E-state index >= 15 is 0 Å². The molecule has 9 heteroatoms. The highest BCUT2D eigenvalue weighted by Gasteiger charge is 2.34. The zero-order valence-corrected chi connectivity index (χ0v) is 15.0. The molecule has 1 heterocycles. The quantitative estimate of drug-likeness (QED) is 0.350. The Hall–Kier alpha value is -3.33. The molecule has 0 radical (unpaired) electrons. The summed E-state index contributed by atoms with van der Waals surface area (Å²) in [5.41, 5.74) is 1.28. The van der Waals surface area contributed by atoms with Gasteiger partial charge in [0.05, 0.1) is 16.4 Å². The summed E-state index contributed by atoms with van der Waals surface area (Å²) in [7, 11) is 0. The molecule has 0 aliphatic carbocycles. The van der Waals surface area contributed by atoms with E-state index in [-0.39, 0.29) is 22.5 Å². The molecule has 0 unspecified atom stereocenters. The summed E-state index contributed by atoms with van der Waals surface area (Å²) in [6.07, 6.45) is 0. The molecule has 0 bridgehead atoms. The third kappa shape index (κ3) is 4.09. The number of hydrogen-bond acceptors (Lipinski definition) is 7. The number of non-ortho nitro benzene ring substituents is 1. The number of carbonyl (C=O) groups excluding carboxylic acids is 2. The maximum absolute atomic E-state index is 12.6. The minimum absolute atomic E-state index is 0.0546. The number of thioether (sulfide) groups is 1. The summed E-state index contributed by atoms with van der Waals surface area (Å²) < 4.78 is 0. The van der Waals surface area contributed by atoms with Crippen molar-refractivity contribution in [2.45, 2.75) is 6.92 Å². The molecule has 2 aromatic carbocycles. The summed E-state index contributed by atoms with van der Waals surface area (Å²) in [4.78, 5) is 36.1. The van der Waals surface area contributed by atoms with Crippen LogP contribution in [0.15, 0.2) is 64.8 Å². The van der Waals surface area contributed by atoms with Crippen molar-refractivity contribution in [2.24, 2.45) is 10.2 Å². The molecule has 1 fully saturated rings. The van der Waals surface area contributed by atoms with E-state index in [4.69, 9.17) is 0 Å². The Labute approximate surface area is 158 Å². The van der Waals surface area contributed by atoms with Crippen LogP contribution >= 0.6 is 11.8 Å². The van der Waals surface area contributed by atoms with Crippen molar-refractivity contribution in [2.75, 3.05) is 5.75 Å². The first-order chi connectivity index (χ1) is 13.0. The molecular formula is C18H14N4O4S. The number of amides is 2. The Bertz CT molecular complexity index is 972. The second-order valence-corrected chi connectivity index (χ2v) is 6.51. The highest BCUT2D eigenvalue weighted by atomic mass is 32.2. The number of nitro groups is 1. The Kier molecular flexibility index (Phi) is 5.41. The van der Waals surface area contributed by atoms with Crippen molar-refractivity contribution in [1.29, 1.82) is 0 Å². The number of hydrogen-bond donors (Lipinski definition) is 0. The van der Waals surface area contributed by atoms with E-state index in [1.165, 1.54) is 12.1 Å². The molecule has 0 aromatic heterocycles. The van der Waals surface area contributed by atoms with Gasteiger partial charge in [0.25, 0.3) is 11.6 Å². The van der Waals surface area contributed by atoms with Crippen LogP contribution in [0.1, 0.15) is 22.8 Å². The van der Waals surface area contributed by atoms with E-state index in [0.29, 0.717) is 16.8 Å². The van der Waals surface area contributed by atoms with Gasteiger partial charge in [0, 0.05) is 23.3 Å². The minimum atomic E-state index is -0.492. The Morgan fingerprint density at radius 2 is 1.85 bits per heavy atom. The standard InChI is InChI=1S/C18H14N4O4S/c1-12(14-8-5-9-15(10-14)22(25)26)19-20-18-21(16(23)11-27-18)17(24)13-6-3-2-4-7-13/h2-10H,11H2,1H3/b19-12-,20-18+. The topological polar surface area (TPSA) is 105 Å². The van der Waals surface area contributed by atoms with Crippen LogP contribution in [0, 0.1) is 10.1 Å². The van der Waals surface area contributed by atoms with E-state index in [1.54, 1.807) is 49.4 Å². The van der Waals surface area contributed by atoms with Gasteiger partial charge >= 0.3 is 0 Å². The number of benzene rings is 2. The molecule has 3 rings (SSSR count). The average Bonchev–Trinajstić information content (AvgIpc) is 3.06. The number of imide groups is 1. The molecule has 0 spiro atoms. The lowest BCUT2D eigenvalue weighted by atomic mass is 10.1. The van der Waals surface area contributed by atoms with Crippen LogP contribution in [-0.4, -0.2) is 38.3 Å². The maximum Gasteiger partial charge on any atom is 0.270 e. The molecule has 0 N–H and O–H groups in total. The van der Waals surface area contributed by atoms with E-state index in [9.17, 15) is 19.7 Å². The maximum atomic E-state index is 12.6. The van der Waals surface area contributed by atoms with Gasteiger partial charge in [-0.3, -0.25) is 19.7 Å². The predicted molar refractivity (Wildman–Crippen MR) is 103 cm³/mol. The fraction of sp³-hybridized carbons (Fsp3) is 0.111. The fourth-order valence-corrected chi connectivity index (χ4v) is 3.16. The number of amidine groups is 1. The first-order valence-electron chi connectivity index (χ1n) is 7.89. The van der Waals surface area contributed by atoms with Gasteiger partial charge in [-0.05, 0) is 19.1 Å². The number of carbonyl (C=O) groups is 2. The zero-order chi connectivity index (χ0) is 19.4. The zero-order valence-electron chi connectivity index (χ0n) is 14.2. The average molecular weight is 382 g/mol. The lowest BCUT2D eigenvalue weighted by Crippen LogP contribution is -2.35. The first kappa shape index (κ1) is 18.5. The van der Waals surface area contributed by atoms with Gasteiger partial charge in [0.1, 0.15) is 0 Å². The summed E-state index contributed by atoms with van der Waals surface area (Å²) in [6, 6.07) is 14.4. The molecule has 1 saturated heterocycles. The largest absolute Gasteiger partial charge is 0.273 e. The molecule has 0 saturated carbocycles.